The Morgan fingerprint density at radius 3 is 2.73 bits per heavy atom. The first kappa shape index (κ1) is 18.8. The first-order valence-corrected chi connectivity index (χ1v) is 10.7. The molecule has 2 N–H and O–H groups in total. The number of rotatable bonds is 6. The fraction of sp³-hybridized carbons (Fsp3) is 0.250. The number of anilines is 1. The van der Waals surface area contributed by atoms with Crippen LogP contribution in [0.5, 0.6) is 0 Å². The quantitative estimate of drug-likeness (QED) is 0.713. The maximum absolute atomic E-state index is 12.8. The molecule has 7 nitrogen and oxygen atoms in total. The molecule has 0 saturated carbocycles. The van der Waals surface area contributed by atoms with E-state index in [-0.39, 0.29) is 29.1 Å². The number of sulfonamides is 1. The average molecular weight is 412 g/mol. The zero-order chi connectivity index (χ0) is 18.9. The molecule has 1 aliphatic heterocycles. The Morgan fingerprint density at radius 2 is 2.08 bits per heavy atom. The van der Waals surface area contributed by atoms with Gasteiger partial charge in [0, 0.05) is 29.8 Å². The van der Waals surface area contributed by atoms with Gasteiger partial charge in [0.1, 0.15) is 4.21 Å². The molecule has 0 atom stereocenters. The number of fused-ring (bicyclic) bond motifs is 1. The molecule has 26 heavy (non-hydrogen) atoms. The molecule has 0 radical (unpaired) electrons. The molecule has 2 amide bonds. The van der Waals surface area contributed by atoms with Crippen LogP contribution in [-0.2, 0) is 39.2 Å². The highest BCUT2D eigenvalue weighted by Gasteiger charge is 2.33. The third-order valence-corrected chi connectivity index (χ3v) is 8.16. The summed E-state index contributed by atoms with van der Waals surface area (Å²) in [6.07, 6.45) is 1.19. The van der Waals surface area contributed by atoms with Crippen molar-refractivity contribution in [2.45, 2.75) is 30.8 Å². The lowest BCUT2D eigenvalue weighted by Crippen LogP contribution is -2.25. The number of amides is 2. The van der Waals surface area contributed by atoms with E-state index in [1.807, 2.05) is 0 Å². The second kappa shape index (κ2) is 7.31. The molecule has 0 fully saturated rings. The summed E-state index contributed by atoms with van der Waals surface area (Å²) in [5.41, 5.74) is 0.896. The normalized spacial score (nSPS) is 14.0. The smallest absolute Gasteiger partial charge is 0.253 e. The second-order valence-electron chi connectivity index (χ2n) is 5.66. The average Bonchev–Trinajstić information content (AvgIpc) is 3.27. The van der Waals surface area contributed by atoms with Gasteiger partial charge in [-0.25, -0.2) is 8.42 Å². The van der Waals surface area contributed by atoms with Crippen molar-refractivity contribution >= 4 is 49.5 Å². The van der Waals surface area contributed by atoms with E-state index in [1.54, 1.807) is 18.2 Å². The van der Waals surface area contributed by atoms with Crippen LogP contribution in [0.4, 0.5) is 5.00 Å². The number of nitrogens with one attached hydrogen (secondary N) is 2. The van der Waals surface area contributed by atoms with E-state index in [0.29, 0.717) is 11.5 Å². The molecule has 0 saturated heterocycles. The summed E-state index contributed by atoms with van der Waals surface area (Å²) >= 11 is 2.52. The van der Waals surface area contributed by atoms with Gasteiger partial charge in [0.25, 0.3) is 10.0 Å². The Bertz CT molecular complexity index is 951. The van der Waals surface area contributed by atoms with Crippen molar-refractivity contribution in [1.29, 1.82) is 0 Å². The number of nitrogens with zero attached hydrogens (tertiary/aromatic N) is 1. The van der Waals surface area contributed by atoms with E-state index in [1.165, 1.54) is 28.6 Å². The lowest BCUT2D eigenvalue weighted by Gasteiger charge is -2.14. The molecule has 3 rings (SSSR count). The largest absolute Gasteiger partial charge is 0.351 e. The maximum atomic E-state index is 12.8. The number of carbonyl (C=O) groups is 2. The first-order chi connectivity index (χ1) is 12.3. The monoisotopic (exact) mass is 411 g/mol. The molecule has 0 aliphatic carbocycles. The van der Waals surface area contributed by atoms with E-state index in [2.05, 4.69) is 17.2 Å². The van der Waals surface area contributed by atoms with Gasteiger partial charge in [0.2, 0.25) is 11.8 Å². The fourth-order valence-corrected chi connectivity index (χ4v) is 6.49. The summed E-state index contributed by atoms with van der Waals surface area (Å²) < 4.78 is 27.3. The first-order valence-electron chi connectivity index (χ1n) is 7.68. The van der Waals surface area contributed by atoms with Gasteiger partial charge >= 0.3 is 0 Å². The van der Waals surface area contributed by atoms with Crippen LogP contribution in [-0.4, -0.2) is 24.5 Å². The Labute approximate surface area is 159 Å². The van der Waals surface area contributed by atoms with Crippen molar-refractivity contribution in [1.82, 2.24) is 9.62 Å². The molecule has 0 unspecified atom stereocenters. The van der Waals surface area contributed by atoms with Crippen molar-refractivity contribution in [3.63, 3.8) is 0 Å². The van der Waals surface area contributed by atoms with Gasteiger partial charge in [-0.1, -0.05) is 6.58 Å². The Hall–Kier alpha value is -2.01. The molecule has 2 aromatic rings. The highest BCUT2D eigenvalue weighted by atomic mass is 32.2. The number of hydrogen-bond acceptors (Lipinski definition) is 6. The number of carbonyl (C=O) groups excluding carboxylic acids is 2. The zero-order valence-corrected chi connectivity index (χ0v) is 16.4. The van der Waals surface area contributed by atoms with Crippen molar-refractivity contribution in [2.75, 3.05) is 5.32 Å². The van der Waals surface area contributed by atoms with Crippen LogP contribution in [0, 0.1) is 0 Å². The molecular weight excluding hydrogens is 394 g/mol. The summed E-state index contributed by atoms with van der Waals surface area (Å²) in [5, 5.41) is 6.04. The van der Waals surface area contributed by atoms with Crippen LogP contribution >= 0.6 is 22.7 Å². The van der Waals surface area contributed by atoms with Gasteiger partial charge in [0.15, 0.2) is 0 Å². The van der Waals surface area contributed by atoms with Crippen LogP contribution in [0.2, 0.25) is 0 Å². The van der Waals surface area contributed by atoms with Crippen molar-refractivity contribution in [3.05, 3.63) is 46.2 Å². The predicted molar refractivity (Wildman–Crippen MR) is 101 cm³/mol. The Balaban J connectivity index is 1.71. The standard InChI is InChI=1S/C16H17N3O4S3/c1-3-14(21)18-15-6-11-8-19(9-13(11)25-15)26(22,23)16-5-4-12(24-16)7-17-10(2)20/h3-6H,1,7-9H2,2H3,(H,17,20)(H,18,21). The van der Waals surface area contributed by atoms with Crippen LogP contribution in [0.15, 0.2) is 35.1 Å². The third-order valence-electron chi connectivity index (χ3n) is 3.74. The molecule has 3 heterocycles. The maximum Gasteiger partial charge on any atom is 0.253 e. The van der Waals surface area contributed by atoms with Crippen molar-refractivity contribution in [2.24, 2.45) is 0 Å². The summed E-state index contributed by atoms with van der Waals surface area (Å²) in [7, 11) is -3.59. The molecule has 0 bridgehead atoms. The third kappa shape index (κ3) is 3.88. The van der Waals surface area contributed by atoms with Crippen LogP contribution in [0.25, 0.3) is 0 Å². The molecule has 0 aromatic carbocycles. The minimum absolute atomic E-state index is 0.161. The second-order valence-corrected chi connectivity index (χ2v) is 10.1. The Kier molecular flexibility index (Phi) is 5.28. The van der Waals surface area contributed by atoms with Gasteiger partial charge in [-0.3, -0.25) is 9.59 Å². The van der Waals surface area contributed by atoms with Gasteiger partial charge in [-0.05, 0) is 29.8 Å². The van der Waals surface area contributed by atoms with Crippen LogP contribution in [0.1, 0.15) is 22.2 Å². The van der Waals surface area contributed by atoms with Crippen molar-refractivity contribution in [3.8, 4) is 0 Å². The number of thiophene rings is 2. The molecule has 0 spiro atoms. The van der Waals surface area contributed by atoms with Crippen LogP contribution < -0.4 is 10.6 Å². The summed E-state index contributed by atoms with van der Waals surface area (Å²) in [6.45, 7) is 5.69. The molecular formula is C16H17N3O4S3. The van der Waals surface area contributed by atoms with Crippen molar-refractivity contribution < 1.29 is 18.0 Å². The SMILES string of the molecule is C=CC(=O)Nc1cc2c(s1)CN(S(=O)(=O)c1ccc(CNC(C)=O)s1)C2. The summed E-state index contributed by atoms with van der Waals surface area (Å²) in [5.74, 6) is -0.453. The fourth-order valence-electron chi connectivity index (χ4n) is 2.47. The van der Waals surface area contributed by atoms with Gasteiger partial charge in [0.05, 0.1) is 11.5 Å². The van der Waals surface area contributed by atoms with E-state index in [4.69, 9.17) is 0 Å². The van der Waals surface area contributed by atoms with E-state index < -0.39 is 10.0 Å². The molecule has 1 aliphatic rings. The molecule has 10 heteroatoms. The summed E-state index contributed by atoms with van der Waals surface area (Å²) in [6, 6.07) is 5.08. The highest BCUT2D eigenvalue weighted by molar-refractivity contribution is 7.91. The summed E-state index contributed by atoms with van der Waals surface area (Å²) in [4.78, 5) is 24.0. The minimum atomic E-state index is -3.59. The zero-order valence-electron chi connectivity index (χ0n) is 13.9. The highest BCUT2D eigenvalue weighted by Crippen LogP contribution is 2.37. The van der Waals surface area contributed by atoms with Crippen LogP contribution in [0.3, 0.4) is 0 Å². The van der Waals surface area contributed by atoms with E-state index in [0.717, 1.165) is 26.7 Å². The Morgan fingerprint density at radius 1 is 1.31 bits per heavy atom. The lowest BCUT2D eigenvalue weighted by molar-refractivity contribution is -0.119. The molecule has 138 valence electrons. The predicted octanol–water partition coefficient (Wildman–Crippen LogP) is 2.27. The minimum Gasteiger partial charge on any atom is -0.351 e. The van der Waals surface area contributed by atoms with Gasteiger partial charge in [-0.15, -0.1) is 22.7 Å². The molecule has 2 aromatic heterocycles. The van der Waals surface area contributed by atoms with E-state index in [9.17, 15) is 18.0 Å². The topological polar surface area (TPSA) is 95.6 Å². The van der Waals surface area contributed by atoms with Gasteiger partial charge < -0.3 is 10.6 Å². The number of hydrogen-bond donors (Lipinski definition) is 2. The van der Waals surface area contributed by atoms with E-state index >= 15 is 0 Å². The van der Waals surface area contributed by atoms with Gasteiger partial charge in [-0.2, -0.15) is 4.31 Å². The lowest BCUT2D eigenvalue weighted by atomic mass is 10.3.